The molecule has 0 saturated carbocycles. The number of hydrogen-bond donors (Lipinski definition) is 1. The smallest absolute Gasteiger partial charge is 0.245 e. The summed E-state index contributed by atoms with van der Waals surface area (Å²) >= 11 is 0. The van der Waals surface area contributed by atoms with Crippen molar-refractivity contribution in [3.05, 3.63) is 29.6 Å². The molecule has 2 rings (SSSR count). The Labute approximate surface area is 118 Å². The van der Waals surface area contributed by atoms with Crippen molar-refractivity contribution in [2.24, 2.45) is 5.73 Å². The van der Waals surface area contributed by atoms with Gasteiger partial charge in [0.2, 0.25) is 10.0 Å². The molecule has 0 bridgehead atoms. The molecule has 2 N–H and O–H groups in total. The van der Waals surface area contributed by atoms with E-state index in [1.807, 2.05) is 0 Å². The Hall–Kier alpha value is -1.02. The second-order valence-corrected chi connectivity index (χ2v) is 6.80. The molecule has 1 saturated heterocycles. The van der Waals surface area contributed by atoms with Crippen molar-refractivity contribution in [3.63, 3.8) is 0 Å². The van der Waals surface area contributed by atoms with Gasteiger partial charge in [0.15, 0.2) is 0 Å². The topological polar surface area (TPSA) is 72.6 Å². The predicted octanol–water partition coefficient (Wildman–Crippen LogP) is 1.08. The number of sulfonamides is 1. The molecule has 1 aliphatic heterocycles. The van der Waals surface area contributed by atoms with Gasteiger partial charge in [-0.05, 0) is 30.5 Å². The first kappa shape index (κ1) is 15.4. The minimum Gasteiger partial charge on any atom is -0.381 e. The highest BCUT2D eigenvalue weighted by Gasteiger charge is 2.31. The average molecular weight is 302 g/mol. The molecule has 7 heteroatoms. The maximum absolute atomic E-state index is 14.0. The van der Waals surface area contributed by atoms with E-state index in [4.69, 9.17) is 10.5 Å². The van der Waals surface area contributed by atoms with Crippen LogP contribution in [0, 0.1) is 5.82 Å². The summed E-state index contributed by atoms with van der Waals surface area (Å²) in [6.45, 7) is 1.23. The first-order chi connectivity index (χ1) is 9.46. The van der Waals surface area contributed by atoms with Crippen molar-refractivity contribution in [2.45, 2.75) is 30.3 Å². The van der Waals surface area contributed by atoms with E-state index in [0.29, 0.717) is 31.6 Å². The van der Waals surface area contributed by atoms with E-state index in [9.17, 15) is 12.8 Å². The summed E-state index contributed by atoms with van der Waals surface area (Å²) in [6.07, 6.45) is 1.25. The summed E-state index contributed by atoms with van der Waals surface area (Å²) in [5.41, 5.74) is 5.98. The summed E-state index contributed by atoms with van der Waals surface area (Å²) in [6, 6.07) is 3.84. The monoisotopic (exact) mass is 302 g/mol. The number of halogens is 1. The van der Waals surface area contributed by atoms with Gasteiger partial charge in [0, 0.05) is 32.8 Å². The molecule has 112 valence electrons. The van der Waals surface area contributed by atoms with Gasteiger partial charge in [0.1, 0.15) is 10.7 Å². The van der Waals surface area contributed by atoms with Crippen LogP contribution in [0.4, 0.5) is 4.39 Å². The van der Waals surface area contributed by atoms with Crippen LogP contribution in [0.15, 0.2) is 23.1 Å². The Balaban J connectivity index is 2.29. The molecule has 0 spiro atoms. The lowest BCUT2D eigenvalue weighted by molar-refractivity contribution is 0.0631. The molecule has 0 atom stereocenters. The van der Waals surface area contributed by atoms with E-state index in [1.165, 1.54) is 29.6 Å². The molecule has 0 unspecified atom stereocenters. The number of benzene rings is 1. The van der Waals surface area contributed by atoms with Gasteiger partial charge in [-0.2, -0.15) is 4.31 Å². The zero-order valence-electron chi connectivity index (χ0n) is 11.4. The van der Waals surface area contributed by atoms with Crippen LogP contribution in [-0.2, 0) is 21.3 Å². The van der Waals surface area contributed by atoms with Crippen LogP contribution in [0.2, 0.25) is 0 Å². The van der Waals surface area contributed by atoms with Gasteiger partial charge >= 0.3 is 0 Å². The number of hydrogen-bond acceptors (Lipinski definition) is 4. The third kappa shape index (κ3) is 3.01. The highest BCUT2D eigenvalue weighted by atomic mass is 32.2. The molecular weight excluding hydrogens is 283 g/mol. The van der Waals surface area contributed by atoms with E-state index in [1.54, 1.807) is 0 Å². The minimum atomic E-state index is -3.83. The van der Waals surface area contributed by atoms with Crippen LogP contribution in [0.5, 0.6) is 0 Å². The summed E-state index contributed by atoms with van der Waals surface area (Å²) < 4.78 is 45.4. The molecule has 1 aromatic carbocycles. The standard InChI is InChI=1S/C13H19FN2O3S/c1-16(11-4-6-19-7-5-11)20(17,18)13-3-2-10(9-15)8-12(13)14/h2-3,8,11H,4-7,9,15H2,1H3. The molecule has 0 radical (unpaired) electrons. The maximum atomic E-state index is 14.0. The summed E-state index contributed by atoms with van der Waals surface area (Å²) in [5, 5.41) is 0. The second kappa shape index (κ2) is 6.17. The van der Waals surface area contributed by atoms with Gasteiger partial charge in [-0.25, -0.2) is 12.8 Å². The highest BCUT2D eigenvalue weighted by Crippen LogP contribution is 2.24. The fourth-order valence-corrected chi connectivity index (χ4v) is 3.74. The van der Waals surface area contributed by atoms with Crippen molar-refractivity contribution in [3.8, 4) is 0 Å². The predicted molar refractivity (Wildman–Crippen MR) is 73.1 cm³/mol. The van der Waals surface area contributed by atoms with Crippen LogP contribution in [-0.4, -0.2) is 39.0 Å². The Kier molecular flexibility index (Phi) is 4.74. The van der Waals surface area contributed by atoms with Crippen molar-refractivity contribution in [1.82, 2.24) is 4.31 Å². The third-order valence-electron chi connectivity index (χ3n) is 3.59. The van der Waals surface area contributed by atoms with Crippen LogP contribution in [0.1, 0.15) is 18.4 Å². The first-order valence-electron chi connectivity index (χ1n) is 6.51. The van der Waals surface area contributed by atoms with Crippen LogP contribution in [0.25, 0.3) is 0 Å². The lowest BCUT2D eigenvalue weighted by atomic mass is 10.1. The molecule has 1 heterocycles. The van der Waals surface area contributed by atoms with E-state index in [0.717, 1.165) is 0 Å². The van der Waals surface area contributed by atoms with Gasteiger partial charge in [0.25, 0.3) is 0 Å². The molecule has 1 fully saturated rings. The Morgan fingerprint density at radius 1 is 1.40 bits per heavy atom. The van der Waals surface area contributed by atoms with Crippen molar-refractivity contribution in [2.75, 3.05) is 20.3 Å². The Morgan fingerprint density at radius 2 is 2.05 bits per heavy atom. The average Bonchev–Trinajstić information content (AvgIpc) is 2.46. The van der Waals surface area contributed by atoms with Crippen molar-refractivity contribution < 1.29 is 17.5 Å². The Bertz CT molecular complexity index is 571. The van der Waals surface area contributed by atoms with E-state index >= 15 is 0 Å². The van der Waals surface area contributed by atoms with Crippen LogP contribution < -0.4 is 5.73 Å². The van der Waals surface area contributed by atoms with Gasteiger partial charge in [-0.3, -0.25) is 0 Å². The number of nitrogens with two attached hydrogens (primary N) is 1. The van der Waals surface area contributed by atoms with Crippen molar-refractivity contribution >= 4 is 10.0 Å². The normalized spacial score (nSPS) is 17.6. The summed E-state index contributed by atoms with van der Waals surface area (Å²) in [4.78, 5) is -0.302. The molecule has 20 heavy (non-hydrogen) atoms. The van der Waals surface area contributed by atoms with Gasteiger partial charge in [-0.15, -0.1) is 0 Å². The molecule has 0 aromatic heterocycles. The fourth-order valence-electron chi connectivity index (χ4n) is 2.28. The molecule has 1 aliphatic rings. The molecule has 0 amide bonds. The number of nitrogens with zero attached hydrogens (tertiary/aromatic N) is 1. The Morgan fingerprint density at radius 3 is 2.60 bits per heavy atom. The molecular formula is C13H19FN2O3S. The third-order valence-corrected chi connectivity index (χ3v) is 5.54. The van der Waals surface area contributed by atoms with Crippen LogP contribution >= 0.6 is 0 Å². The largest absolute Gasteiger partial charge is 0.381 e. The summed E-state index contributed by atoms with van der Waals surface area (Å²) in [7, 11) is -2.34. The zero-order chi connectivity index (χ0) is 14.8. The maximum Gasteiger partial charge on any atom is 0.245 e. The van der Waals surface area contributed by atoms with Crippen molar-refractivity contribution in [1.29, 1.82) is 0 Å². The fraction of sp³-hybridized carbons (Fsp3) is 0.538. The molecule has 0 aliphatic carbocycles. The number of rotatable bonds is 4. The van der Waals surface area contributed by atoms with Gasteiger partial charge in [-0.1, -0.05) is 6.07 Å². The molecule has 5 nitrogen and oxygen atoms in total. The molecule has 1 aromatic rings. The van der Waals surface area contributed by atoms with Gasteiger partial charge < -0.3 is 10.5 Å². The first-order valence-corrected chi connectivity index (χ1v) is 7.95. The van der Waals surface area contributed by atoms with E-state index < -0.39 is 15.8 Å². The van der Waals surface area contributed by atoms with Crippen LogP contribution in [0.3, 0.4) is 0 Å². The zero-order valence-corrected chi connectivity index (χ0v) is 12.2. The van der Waals surface area contributed by atoms with E-state index in [-0.39, 0.29) is 17.5 Å². The quantitative estimate of drug-likeness (QED) is 0.903. The van der Waals surface area contributed by atoms with E-state index in [2.05, 4.69) is 0 Å². The highest BCUT2D eigenvalue weighted by molar-refractivity contribution is 7.89. The minimum absolute atomic E-state index is 0.151. The number of ether oxygens (including phenoxy) is 1. The lowest BCUT2D eigenvalue weighted by Gasteiger charge is -2.30. The second-order valence-electron chi connectivity index (χ2n) is 4.83. The lowest BCUT2D eigenvalue weighted by Crippen LogP contribution is -2.40. The SMILES string of the molecule is CN(C1CCOCC1)S(=O)(=O)c1ccc(CN)cc1F. The summed E-state index contributed by atoms with van der Waals surface area (Å²) in [5.74, 6) is -0.758. The van der Waals surface area contributed by atoms with Gasteiger partial charge in [0.05, 0.1) is 0 Å².